The van der Waals surface area contributed by atoms with Gasteiger partial charge in [-0.15, -0.1) is 0 Å². The molecule has 9 rings (SSSR count). The fourth-order valence-electron chi connectivity index (χ4n) is 7.04. The van der Waals surface area contributed by atoms with Gasteiger partial charge in [-0.2, -0.15) is 0 Å². The lowest BCUT2D eigenvalue weighted by Crippen LogP contribution is -2.09. The Kier molecular flexibility index (Phi) is 7.53. The Hall–Kier alpha value is -6.64. The minimum atomic E-state index is 0.911. The van der Waals surface area contributed by atoms with Crippen LogP contribution in [0.2, 0.25) is 0 Å². The molecule has 0 fully saturated rings. The van der Waals surface area contributed by atoms with Gasteiger partial charge in [0.1, 0.15) is 11.2 Å². The smallest absolute Gasteiger partial charge is 0.143 e. The molecule has 0 N–H and O–H groups in total. The molecule has 0 aliphatic rings. The second-order valence-electron chi connectivity index (χ2n) is 12.5. The highest BCUT2D eigenvalue weighted by atomic mass is 16.3. The summed E-state index contributed by atoms with van der Waals surface area (Å²) in [5.74, 6) is 0. The summed E-state index contributed by atoms with van der Waals surface area (Å²) in [6.45, 7) is 0. The van der Waals surface area contributed by atoms with Crippen molar-refractivity contribution in [3.05, 3.63) is 200 Å². The van der Waals surface area contributed by atoms with E-state index in [1.165, 1.54) is 33.4 Å². The lowest BCUT2D eigenvalue weighted by atomic mass is 9.91. The summed E-state index contributed by atoms with van der Waals surface area (Å²) in [4.78, 5) is 2.31. The Bertz CT molecular complexity index is 2550. The summed E-state index contributed by atoms with van der Waals surface area (Å²) in [5, 5.41) is 2.28. The van der Waals surface area contributed by atoms with Gasteiger partial charge in [0, 0.05) is 33.4 Å². The Morgan fingerprint density at radius 2 is 0.800 bits per heavy atom. The number of fused-ring (bicyclic) bond motifs is 3. The quantitative estimate of drug-likeness (QED) is 0.173. The van der Waals surface area contributed by atoms with Crippen LogP contribution in [0.5, 0.6) is 0 Å². The molecule has 1 aromatic heterocycles. The maximum Gasteiger partial charge on any atom is 0.143 e. The molecule has 0 amide bonds. The van der Waals surface area contributed by atoms with E-state index in [1.54, 1.807) is 0 Å². The fraction of sp³-hybridized carbons (Fsp3) is 0. The molecular formula is C48H33NO. The maximum atomic E-state index is 6.35. The van der Waals surface area contributed by atoms with Gasteiger partial charge >= 0.3 is 0 Å². The molecule has 2 heteroatoms. The van der Waals surface area contributed by atoms with E-state index in [4.69, 9.17) is 4.42 Å². The summed E-state index contributed by atoms with van der Waals surface area (Å²) in [7, 11) is 0. The third-order valence-corrected chi connectivity index (χ3v) is 9.50. The van der Waals surface area contributed by atoms with E-state index in [0.29, 0.717) is 0 Å². The van der Waals surface area contributed by atoms with Gasteiger partial charge in [-0.1, -0.05) is 152 Å². The van der Waals surface area contributed by atoms with Crippen LogP contribution in [0.3, 0.4) is 0 Å². The van der Waals surface area contributed by atoms with Crippen molar-refractivity contribution in [3.63, 3.8) is 0 Å². The van der Waals surface area contributed by atoms with Crippen LogP contribution in [0.25, 0.3) is 66.4 Å². The zero-order valence-corrected chi connectivity index (χ0v) is 27.4. The van der Waals surface area contributed by atoms with E-state index < -0.39 is 0 Å². The molecule has 1 heterocycles. The molecule has 236 valence electrons. The number of nitrogens with zero attached hydrogens (tertiary/aromatic N) is 1. The Morgan fingerprint density at radius 3 is 1.48 bits per heavy atom. The second kappa shape index (κ2) is 12.8. The first-order valence-corrected chi connectivity index (χ1v) is 17.0. The predicted molar refractivity (Wildman–Crippen MR) is 210 cm³/mol. The molecule has 0 saturated heterocycles. The summed E-state index contributed by atoms with van der Waals surface area (Å²) in [5.41, 5.74) is 14.6. The molecule has 0 aliphatic carbocycles. The summed E-state index contributed by atoms with van der Waals surface area (Å²) < 4.78 is 6.35. The lowest BCUT2D eigenvalue weighted by Gasteiger charge is -2.26. The van der Waals surface area contributed by atoms with Crippen LogP contribution >= 0.6 is 0 Å². The van der Waals surface area contributed by atoms with E-state index in [9.17, 15) is 0 Å². The van der Waals surface area contributed by atoms with E-state index in [1.807, 2.05) is 12.1 Å². The number of benzene rings is 8. The number of anilines is 3. The minimum Gasteiger partial charge on any atom is -0.455 e. The number of furan rings is 1. The van der Waals surface area contributed by atoms with Crippen molar-refractivity contribution in [2.45, 2.75) is 0 Å². The monoisotopic (exact) mass is 639 g/mol. The first kappa shape index (κ1) is 29.5. The SMILES string of the molecule is c1ccc(-c2ccc(-c3ccc(N(c4ccccc4)c4ccc(-c5cccc6c5oc5ccccc56)cc4)cc3)cc2-c2ccccc2)cc1. The lowest BCUT2D eigenvalue weighted by molar-refractivity contribution is 0.670. The Balaban J connectivity index is 1.08. The maximum absolute atomic E-state index is 6.35. The molecule has 0 atom stereocenters. The van der Waals surface area contributed by atoms with Crippen LogP contribution in [0.1, 0.15) is 0 Å². The topological polar surface area (TPSA) is 16.4 Å². The largest absolute Gasteiger partial charge is 0.455 e. The Morgan fingerprint density at radius 1 is 0.300 bits per heavy atom. The van der Waals surface area contributed by atoms with Crippen molar-refractivity contribution in [1.29, 1.82) is 0 Å². The molecular weight excluding hydrogens is 607 g/mol. The Labute approximate surface area is 292 Å². The number of rotatable bonds is 7. The molecule has 0 bridgehead atoms. The van der Waals surface area contributed by atoms with Gasteiger partial charge in [-0.05, 0) is 87.5 Å². The van der Waals surface area contributed by atoms with Crippen molar-refractivity contribution >= 4 is 39.0 Å². The molecule has 2 nitrogen and oxygen atoms in total. The second-order valence-corrected chi connectivity index (χ2v) is 12.5. The average molecular weight is 640 g/mol. The van der Waals surface area contributed by atoms with Crippen molar-refractivity contribution < 1.29 is 4.42 Å². The molecule has 0 unspecified atom stereocenters. The highest BCUT2D eigenvalue weighted by Gasteiger charge is 2.16. The molecule has 0 spiro atoms. The van der Waals surface area contributed by atoms with Crippen molar-refractivity contribution in [2.24, 2.45) is 0 Å². The fourth-order valence-corrected chi connectivity index (χ4v) is 7.04. The van der Waals surface area contributed by atoms with Crippen LogP contribution in [0.4, 0.5) is 17.1 Å². The molecule has 9 aromatic rings. The van der Waals surface area contributed by atoms with E-state index in [-0.39, 0.29) is 0 Å². The van der Waals surface area contributed by atoms with Gasteiger partial charge < -0.3 is 9.32 Å². The molecule has 0 aliphatic heterocycles. The zero-order chi connectivity index (χ0) is 33.3. The van der Waals surface area contributed by atoms with Crippen LogP contribution in [0.15, 0.2) is 205 Å². The number of hydrogen-bond acceptors (Lipinski definition) is 2. The predicted octanol–water partition coefficient (Wildman–Crippen LogP) is 13.7. The van der Waals surface area contributed by atoms with Crippen LogP contribution in [0, 0.1) is 0 Å². The summed E-state index contributed by atoms with van der Waals surface area (Å²) in [6, 6.07) is 71.0. The van der Waals surface area contributed by atoms with Crippen LogP contribution < -0.4 is 4.90 Å². The third kappa shape index (κ3) is 5.43. The van der Waals surface area contributed by atoms with Gasteiger partial charge in [-0.25, -0.2) is 0 Å². The summed E-state index contributed by atoms with van der Waals surface area (Å²) >= 11 is 0. The number of para-hydroxylation sites is 3. The molecule has 8 aromatic carbocycles. The standard InChI is InChI=1S/C48H33NO/c1-4-13-35(14-5-1)42-32-27-38(33-46(42)36-15-6-2-7-16-36)34-23-28-40(29-24-34)49(39-17-8-3-9-18-39)41-30-25-37(26-31-41)43-20-12-21-45-44-19-10-11-22-47(44)50-48(43)45/h1-33H. The third-order valence-electron chi connectivity index (χ3n) is 9.50. The van der Waals surface area contributed by atoms with Gasteiger partial charge in [0.05, 0.1) is 0 Å². The van der Waals surface area contributed by atoms with Gasteiger partial charge in [0.25, 0.3) is 0 Å². The number of hydrogen-bond donors (Lipinski definition) is 0. The summed E-state index contributed by atoms with van der Waals surface area (Å²) in [6.07, 6.45) is 0. The van der Waals surface area contributed by atoms with E-state index in [0.717, 1.165) is 50.1 Å². The normalized spacial score (nSPS) is 11.2. The molecule has 0 radical (unpaired) electrons. The molecule has 0 saturated carbocycles. The molecule has 50 heavy (non-hydrogen) atoms. The highest BCUT2D eigenvalue weighted by molar-refractivity contribution is 6.09. The minimum absolute atomic E-state index is 0.911. The van der Waals surface area contributed by atoms with Crippen molar-refractivity contribution in [2.75, 3.05) is 4.90 Å². The van der Waals surface area contributed by atoms with Crippen molar-refractivity contribution in [3.8, 4) is 44.5 Å². The van der Waals surface area contributed by atoms with Crippen LogP contribution in [-0.4, -0.2) is 0 Å². The van der Waals surface area contributed by atoms with Gasteiger partial charge in [-0.3, -0.25) is 0 Å². The van der Waals surface area contributed by atoms with E-state index in [2.05, 4.69) is 193 Å². The van der Waals surface area contributed by atoms with Gasteiger partial charge in [0.2, 0.25) is 0 Å². The first-order valence-electron chi connectivity index (χ1n) is 17.0. The van der Waals surface area contributed by atoms with E-state index >= 15 is 0 Å². The van der Waals surface area contributed by atoms with Crippen molar-refractivity contribution in [1.82, 2.24) is 0 Å². The highest BCUT2D eigenvalue weighted by Crippen LogP contribution is 2.40. The van der Waals surface area contributed by atoms with Crippen LogP contribution in [-0.2, 0) is 0 Å². The first-order chi connectivity index (χ1) is 24.8. The average Bonchev–Trinajstić information content (AvgIpc) is 3.59. The zero-order valence-electron chi connectivity index (χ0n) is 27.4. The van der Waals surface area contributed by atoms with Gasteiger partial charge in [0.15, 0.2) is 0 Å².